The molecule has 0 unspecified atom stereocenters. The van der Waals surface area contributed by atoms with Gasteiger partial charge in [-0.05, 0) is 37.6 Å². The first kappa shape index (κ1) is 23.8. The van der Waals surface area contributed by atoms with Gasteiger partial charge in [0, 0.05) is 38.1 Å². The highest BCUT2D eigenvalue weighted by Crippen LogP contribution is 2.29. The summed E-state index contributed by atoms with van der Waals surface area (Å²) in [6.07, 6.45) is -1.89. The second kappa shape index (κ2) is 9.25. The number of aryl methyl sites for hydroxylation is 2. The summed E-state index contributed by atoms with van der Waals surface area (Å²) in [6, 6.07) is 12.4. The highest BCUT2D eigenvalue weighted by Gasteiger charge is 2.31. The van der Waals surface area contributed by atoms with Crippen LogP contribution in [0.3, 0.4) is 0 Å². The van der Waals surface area contributed by atoms with Crippen LogP contribution in [0.15, 0.2) is 54.9 Å². The first-order valence-electron chi connectivity index (χ1n) is 11.7. The standard InChI is InChI=1S/C26H25F3N6O/c1-17-3-5-19(6-4-17)16-35-24-22(15-31-35)21(13-18(2)32-24)25(36)34-11-9-33(10-12-34)23-8-7-20(14-30-23)26(27,28)29/h3-8,13-15H,9-12,16H2,1-2H3. The van der Waals surface area contributed by atoms with E-state index in [1.165, 1.54) is 11.6 Å². The Morgan fingerprint density at radius 1 is 0.972 bits per heavy atom. The largest absolute Gasteiger partial charge is 0.417 e. The number of halogens is 3. The Labute approximate surface area is 206 Å². The van der Waals surface area contributed by atoms with Crippen LogP contribution in [0.1, 0.15) is 32.7 Å². The number of piperazine rings is 1. The summed E-state index contributed by atoms with van der Waals surface area (Å²) in [4.78, 5) is 25.7. The molecule has 0 radical (unpaired) electrons. The molecule has 5 rings (SSSR count). The van der Waals surface area contributed by atoms with Crippen molar-refractivity contribution in [2.45, 2.75) is 26.6 Å². The van der Waals surface area contributed by atoms with Crippen LogP contribution >= 0.6 is 0 Å². The zero-order chi connectivity index (χ0) is 25.4. The number of alkyl halides is 3. The van der Waals surface area contributed by atoms with Crippen molar-refractivity contribution in [1.29, 1.82) is 0 Å². The smallest absolute Gasteiger partial charge is 0.353 e. The molecule has 1 amide bonds. The van der Waals surface area contributed by atoms with E-state index < -0.39 is 11.7 Å². The predicted octanol–water partition coefficient (Wildman–Crippen LogP) is 4.47. The number of carbonyl (C=O) groups excluding carboxylic acids is 1. The molecule has 36 heavy (non-hydrogen) atoms. The van der Waals surface area contributed by atoms with Gasteiger partial charge >= 0.3 is 6.18 Å². The molecule has 1 aliphatic heterocycles. The molecule has 0 bridgehead atoms. The summed E-state index contributed by atoms with van der Waals surface area (Å²) in [5.41, 5.74) is 3.43. The number of carbonyl (C=O) groups is 1. The maximum absolute atomic E-state index is 13.5. The van der Waals surface area contributed by atoms with Gasteiger partial charge in [-0.3, -0.25) is 4.79 Å². The lowest BCUT2D eigenvalue weighted by Crippen LogP contribution is -2.49. The molecule has 0 saturated carbocycles. The number of rotatable bonds is 4. The van der Waals surface area contributed by atoms with Gasteiger partial charge in [0.05, 0.1) is 29.3 Å². The Bertz CT molecular complexity index is 1390. The Hall–Kier alpha value is -3.95. The van der Waals surface area contributed by atoms with Crippen molar-refractivity contribution >= 4 is 22.8 Å². The molecule has 4 heterocycles. The van der Waals surface area contributed by atoms with E-state index in [1.807, 2.05) is 18.7 Å². The van der Waals surface area contributed by atoms with Crippen LogP contribution in [0.4, 0.5) is 19.0 Å². The zero-order valence-electron chi connectivity index (χ0n) is 20.0. The average Bonchev–Trinajstić information content (AvgIpc) is 3.26. The molecule has 10 heteroatoms. The van der Waals surface area contributed by atoms with Gasteiger partial charge in [-0.25, -0.2) is 14.6 Å². The Morgan fingerprint density at radius 3 is 2.33 bits per heavy atom. The molecule has 0 spiro atoms. The number of hydrogen-bond donors (Lipinski definition) is 0. The fourth-order valence-electron chi connectivity index (χ4n) is 4.38. The molecule has 3 aromatic heterocycles. The minimum atomic E-state index is -4.42. The fourth-order valence-corrected chi connectivity index (χ4v) is 4.38. The summed E-state index contributed by atoms with van der Waals surface area (Å²) in [5.74, 6) is 0.357. The third-order valence-corrected chi connectivity index (χ3v) is 6.39. The van der Waals surface area contributed by atoms with Crippen molar-refractivity contribution in [2.24, 2.45) is 0 Å². The Morgan fingerprint density at radius 2 is 1.69 bits per heavy atom. The second-order valence-corrected chi connectivity index (χ2v) is 9.02. The van der Waals surface area contributed by atoms with Crippen molar-refractivity contribution in [2.75, 3.05) is 31.1 Å². The van der Waals surface area contributed by atoms with Crippen molar-refractivity contribution in [3.63, 3.8) is 0 Å². The van der Waals surface area contributed by atoms with Crippen molar-refractivity contribution in [1.82, 2.24) is 24.6 Å². The van der Waals surface area contributed by atoms with Gasteiger partial charge in [0.2, 0.25) is 0 Å². The number of pyridine rings is 2. The van der Waals surface area contributed by atoms with Crippen molar-refractivity contribution in [3.8, 4) is 0 Å². The molecule has 4 aromatic rings. The van der Waals surface area contributed by atoms with Crippen LogP contribution in [0.5, 0.6) is 0 Å². The molecule has 1 aliphatic rings. The first-order chi connectivity index (χ1) is 17.2. The molecule has 7 nitrogen and oxygen atoms in total. The summed E-state index contributed by atoms with van der Waals surface area (Å²) >= 11 is 0. The van der Waals surface area contributed by atoms with E-state index in [9.17, 15) is 18.0 Å². The van der Waals surface area contributed by atoms with Crippen molar-refractivity contribution < 1.29 is 18.0 Å². The van der Waals surface area contributed by atoms with Gasteiger partial charge in [0.1, 0.15) is 5.82 Å². The number of fused-ring (bicyclic) bond motifs is 1. The lowest BCUT2D eigenvalue weighted by Gasteiger charge is -2.35. The number of amides is 1. The molecule has 0 atom stereocenters. The quantitative estimate of drug-likeness (QED) is 0.419. The van der Waals surface area contributed by atoms with Gasteiger partial charge in [0.25, 0.3) is 5.91 Å². The summed E-state index contributed by atoms with van der Waals surface area (Å²) in [7, 11) is 0. The minimum Gasteiger partial charge on any atom is -0.353 e. The van der Waals surface area contributed by atoms with E-state index in [0.717, 1.165) is 23.5 Å². The minimum absolute atomic E-state index is 0.111. The SMILES string of the molecule is Cc1ccc(Cn2ncc3c(C(=O)N4CCN(c5ccc(C(F)(F)F)cn5)CC4)cc(C)nc32)cc1. The van der Waals surface area contributed by atoms with Gasteiger partial charge in [-0.2, -0.15) is 18.3 Å². The van der Waals surface area contributed by atoms with Crippen molar-refractivity contribution in [3.05, 3.63) is 82.8 Å². The van der Waals surface area contributed by atoms with Crippen LogP contribution in [0, 0.1) is 13.8 Å². The topological polar surface area (TPSA) is 67.2 Å². The summed E-state index contributed by atoms with van der Waals surface area (Å²) < 4.78 is 40.3. The molecule has 186 valence electrons. The second-order valence-electron chi connectivity index (χ2n) is 9.02. The van der Waals surface area contributed by atoms with Crippen LogP contribution in [0.2, 0.25) is 0 Å². The van der Waals surface area contributed by atoms with E-state index in [0.29, 0.717) is 55.1 Å². The maximum Gasteiger partial charge on any atom is 0.417 e. The molecular formula is C26H25F3N6O. The maximum atomic E-state index is 13.5. The van der Waals surface area contributed by atoms with E-state index >= 15 is 0 Å². The highest BCUT2D eigenvalue weighted by molar-refractivity contribution is 6.05. The number of nitrogens with zero attached hydrogens (tertiary/aromatic N) is 6. The predicted molar refractivity (Wildman–Crippen MR) is 130 cm³/mol. The molecule has 1 fully saturated rings. The van der Waals surface area contributed by atoms with Gasteiger partial charge in [0.15, 0.2) is 5.65 Å². The van der Waals surface area contributed by atoms with Gasteiger partial charge in [-0.15, -0.1) is 0 Å². The number of hydrogen-bond acceptors (Lipinski definition) is 5. The zero-order valence-corrected chi connectivity index (χ0v) is 20.0. The van der Waals surface area contributed by atoms with Crippen LogP contribution < -0.4 is 4.90 Å². The third-order valence-electron chi connectivity index (χ3n) is 6.39. The lowest BCUT2D eigenvalue weighted by atomic mass is 10.1. The van der Waals surface area contributed by atoms with Gasteiger partial charge in [-0.1, -0.05) is 29.8 Å². The van der Waals surface area contributed by atoms with E-state index in [-0.39, 0.29) is 5.91 Å². The van der Waals surface area contributed by atoms with E-state index in [4.69, 9.17) is 0 Å². The van der Waals surface area contributed by atoms with E-state index in [2.05, 4.69) is 39.3 Å². The molecular weight excluding hydrogens is 469 g/mol. The molecule has 1 aromatic carbocycles. The monoisotopic (exact) mass is 494 g/mol. The number of aromatic nitrogens is 4. The first-order valence-corrected chi connectivity index (χ1v) is 11.7. The molecule has 1 saturated heterocycles. The average molecular weight is 495 g/mol. The Kier molecular flexibility index (Phi) is 6.11. The summed E-state index contributed by atoms with van der Waals surface area (Å²) in [6.45, 7) is 6.26. The normalized spacial score (nSPS) is 14.5. The third kappa shape index (κ3) is 4.75. The number of benzene rings is 1. The lowest BCUT2D eigenvalue weighted by molar-refractivity contribution is -0.137. The molecule has 0 aliphatic carbocycles. The van der Waals surface area contributed by atoms with E-state index in [1.54, 1.807) is 21.8 Å². The van der Waals surface area contributed by atoms with Gasteiger partial charge < -0.3 is 9.80 Å². The number of anilines is 1. The Balaban J connectivity index is 1.32. The van der Waals surface area contributed by atoms with Crippen LogP contribution in [-0.4, -0.2) is 56.7 Å². The van der Waals surface area contributed by atoms with Crippen LogP contribution in [0.25, 0.3) is 11.0 Å². The van der Waals surface area contributed by atoms with Crippen LogP contribution in [-0.2, 0) is 12.7 Å². The highest BCUT2D eigenvalue weighted by atomic mass is 19.4. The molecule has 0 N–H and O–H groups in total. The summed E-state index contributed by atoms with van der Waals surface area (Å²) in [5, 5.41) is 5.20. The fraction of sp³-hybridized carbons (Fsp3) is 0.308.